The van der Waals surface area contributed by atoms with Crippen LogP contribution in [0.4, 0.5) is 0 Å². The lowest BCUT2D eigenvalue weighted by Gasteiger charge is -2.12. The summed E-state index contributed by atoms with van der Waals surface area (Å²) in [6.45, 7) is 6.33. The van der Waals surface area contributed by atoms with E-state index in [-0.39, 0.29) is 5.91 Å². The number of imidazole rings is 1. The van der Waals surface area contributed by atoms with Crippen LogP contribution >= 0.6 is 0 Å². The zero-order chi connectivity index (χ0) is 27.7. The van der Waals surface area contributed by atoms with E-state index >= 15 is 0 Å². The Balaban J connectivity index is 1.12. The second-order valence-corrected chi connectivity index (χ2v) is 10.3. The van der Waals surface area contributed by atoms with Crippen LogP contribution in [0.15, 0.2) is 97.1 Å². The van der Waals surface area contributed by atoms with Crippen LogP contribution < -0.4 is 10.1 Å². The summed E-state index contributed by atoms with van der Waals surface area (Å²) in [6.07, 6.45) is 3.00. The molecule has 0 atom stereocenters. The maximum absolute atomic E-state index is 12.7. The van der Waals surface area contributed by atoms with Gasteiger partial charge in [-0.2, -0.15) is 0 Å². The number of fused-ring (bicyclic) bond motifs is 1. The SMILES string of the molecule is Cc1cccc(OCCCCn2c(CCNC(=O)Cc3ccc(-c4ccccc4)cc3)nc3ccccc32)c1C. The third-order valence-corrected chi connectivity index (χ3v) is 7.42. The number of rotatable bonds is 12. The van der Waals surface area contributed by atoms with Gasteiger partial charge in [0.25, 0.3) is 0 Å². The van der Waals surface area contributed by atoms with Gasteiger partial charge in [0.15, 0.2) is 0 Å². The first-order valence-corrected chi connectivity index (χ1v) is 14.1. The molecule has 0 bridgehead atoms. The number of carbonyl (C=O) groups is 1. The number of nitrogens with one attached hydrogen (secondary N) is 1. The number of hydrogen-bond acceptors (Lipinski definition) is 3. The molecule has 0 saturated carbocycles. The van der Waals surface area contributed by atoms with Crippen molar-refractivity contribution in [3.05, 3.63) is 120 Å². The average Bonchev–Trinajstić information content (AvgIpc) is 3.33. The summed E-state index contributed by atoms with van der Waals surface area (Å²) in [5, 5.41) is 3.09. The number of para-hydroxylation sites is 2. The summed E-state index contributed by atoms with van der Waals surface area (Å²) < 4.78 is 8.34. The molecule has 0 aliphatic heterocycles. The van der Waals surface area contributed by atoms with Crippen LogP contribution in [0.1, 0.15) is 35.4 Å². The van der Waals surface area contributed by atoms with Gasteiger partial charge in [0.1, 0.15) is 11.6 Å². The van der Waals surface area contributed by atoms with Crippen molar-refractivity contribution in [1.82, 2.24) is 14.9 Å². The number of ether oxygens (including phenoxy) is 1. The number of hydrogen-bond donors (Lipinski definition) is 1. The molecule has 0 aliphatic carbocycles. The van der Waals surface area contributed by atoms with Crippen LogP contribution in [-0.4, -0.2) is 28.6 Å². The molecule has 0 radical (unpaired) electrons. The van der Waals surface area contributed by atoms with Crippen LogP contribution in [0.2, 0.25) is 0 Å². The van der Waals surface area contributed by atoms with Crippen molar-refractivity contribution in [1.29, 1.82) is 0 Å². The molecule has 1 heterocycles. The Kier molecular flexibility index (Phi) is 8.92. The Hall–Kier alpha value is -4.38. The van der Waals surface area contributed by atoms with E-state index in [4.69, 9.17) is 9.72 Å². The monoisotopic (exact) mass is 531 g/mol. The molecule has 1 N–H and O–H groups in total. The Morgan fingerprint density at radius 1 is 0.825 bits per heavy atom. The molecule has 0 saturated heterocycles. The van der Waals surface area contributed by atoms with E-state index in [0.717, 1.165) is 53.1 Å². The van der Waals surface area contributed by atoms with E-state index < -0.39 is 0 Å². The molecular formula is C35H37N3O2. The molecule has 5 aromatic rings. The summed E-state index contributed by atoms with van der Waals surface area (Å²) in [4.78, 5) is 17.5. The zero-order valence-electron chi connectivity index (χ0n) is 23.4. The van der Waals surface area contributed by atoms with Crippen LogP contribution in [0.5, 0.6) is 5.75 Å². The number of benzene rings is 4. The molecule has 4 aromatic carbocycles. The smallest absolute Gasteiger partial charge is 0.224 e. The fourth-order valence-electron chi connectivity index (χ4n) is 5.01. The number of amides is 1. The largest absolute Gasteiger partial charge is 0.493 e. The Labute approximate surface area is 236 Å². The Morgan fingerprint density at radius 2 is 1.57 bits per heavy atom. The molecule has 0 aliphatic rings. The van der Waals surface area contributed by atoms with Crippen molar-refractivity contribution in [2.75, 3.05) is 13.2 Å². The predicted molar refractivity (Wildman–Crippen MR) is 163 cm³/mol. The van der Waals surface area contributed by atoms with E-state index in [1.54, 1.807) is 0 Å². The van der Waals surface area contributed by atoms with Gasteiger partial charge >= 0.3 is 0 Å². The second-order valence-electron chi connectivity index (χ2n) is 10.3. The molecule has 0 unspecified atom stereocenters. The number of carbonyl (C=O) groups excluding carboxylic acids is 1. The van der Waals surface area contributed by atoms with Gasteiger partial charge in [0.05, 0.1) is 24.1 Å². The maximum atomic E-state index is 12.7. The lowest BCUT2D eigenvalue weighted by atomic mass is 10.0. The summed E-state index contributed by atoms with van der Waals surface area (Å²) in [6, 6.07) is 32.9. The topological polar surface area (TPSA) is 56.1 Å². The van der Waals surface area contributed by atoms with Crippen LogP contribution in [-0.2, 0) is 24.2 Å². The van der Waals surface area contributed by atoms with Gasteiger partial charge in [-0.1, -0.05) is 78.9 Å². The van der Waals surface area contributed by atoms with Gasteiger partial charge in [-0.25, -0.2) is 4.98 Å². The van der Waals surface area contributed by atoms with Crippen molar-refractivity contribution < 1.29 is 9.53 Å². The molecule has 204 valence electrons. The highest BCUT2D eigenvalue weighted by molar-refractivity contribution is 5.79. The first-order chi connectivity index (χ1) is 19.6. The van der Waals surface area contributed by atoms with Crippen LogP contribution in [0.3, 0.4) is 0 Å². The summed E-state index contributed by atoms with van der Waals surface area (Å²) in [5.41, 5.74) is 7.92. The molecular weight excluding hydrogens is 494 g/mol. The maximum Gasteiger partial charge on any atom is 0.224 e. The molecule has 5 rings (SSSR count). The van der Waals surface area contributed by atoms with Crippen molar-refractivity contribution in [2.45, 2.75) is 46.1 Å². The van der Waals surface area contributed by atoms with E-state index in [0.29, 0.717) is 26.0 Å². The van der Waals surface area contributed by atoms with Gasteiger partial charge in [-0.05, 0) is 72.7 Å². The highest BCUT2D eigenvalue weighted by atomic mass is 16.5. The Morgan fingerprint density at radius 3 is 2.40 bits per heavy atom. The molecule has 40 heavy (non-hydrogen) atoms. The Bertz CT molecular complexity index is 1560. The normalized spacial score (nSPS) is 11.1. The predicted octanol–water partition coefficient (Wildman–Crippen LogP) is 7.08. The van der Waals surface area contributed by atoms with E-state index in [9.17, 15) is 4.79 Å². The number of aryl methyl sites for hydroxylation is 2. The van der Waals surface area contributed by atoms with Crippen molar-refractivity contribution in [3.8, 4) is 16.9 Å². The van der Waals surface area contributed by atoms with Gasteiger partial charge in [0.2, 0.25) is 5.91 Å². The molecule has 1 aromatic heterocycles. The molecule has 5 nitrogen and oxygen atoms in total. The van der Waals surface area contributed by atoms with Crippen molar-refractivity contribution >= 4 is 16.9 Å². The van der Waals surface area contributed by atoms with Crippen molar-refractivity contribution in [3.63, 3.8) is 0 Å². The van der Waals surface area contributed by atoms with Gasteiger partial charge in [-0.15, -0.1) is 0 Å². The number of nitrogens with zero attached hydrogens (tertiary/aromatic N) is 2. The third kappa shape index (κ3) is 6.78. The standard InChI is InChI=1S/C35H37N3O2/c1-26-11-10-16-33(27(26)2)40-24-9-8-23-38-32-15-7-6-14-31(32)37-34(38)21-22-36-35(39)25-28-17-19-30(20-18-28)29-12-4-3-5-13-29/h3-7,10-20H,8-9,21-25H2,1-2H3,(H,36,39). The summed E-state index contributed by atoms with van der Waals surface area (Å²) >= 11 is 0. The average molecular weight is 532 g/mol. The minimum Gasteiger partial charge on any atom is -0.493 e. The highest BCUT2D eigenvalue weighted by Crippen LogP contribution is 2.22. The first kappa shape index (κ1) is 27.2. The van der Waals surface area contributed by atoms with E-state index in [1.807, 2.05) is 48.5 Å². The lowest BCUT2D eigenvalue weighted by molar-refractivity contribution is -0.120. The van der Waals surface area contributed by atoms with E-state index in [2.05, 4.69) is 72.3 Å². The lowest BCUT2D eigenvalue weighted by Crippen LogP contribution is -2.28. The van der Waals surface area contributed by atoms with Gasteiger partial charge in [0, 0.05) is 19.5 Å². The van der Waals surface area contributed by atoms with E-state index in [1.165, 1.54) is 16.7 Å². The van der Waals surface area contributed by atoms with Crippen LogP contribution in [0.25, 0.3) is 22.2 Å². The van der Waals surface area contributed by atoms with Gasteiger partial charge in [-0.3, -0.25) is 4.79 Å². The summed E-state index contributed by atoms with van der Waals surface area (Å²) in [5.74, 6) is 2.00. The second kappa shape index (κ2) is 13.1. The molecule has 5 heteroatoms. The van der Waals surface area contributed by atoms with Crippen molar-refractivity contribution in [2.24, 2.45) is 0 Å². The van der Waals surface area contributed by atoms with Gasteiger partial charge < -0.3 is 14.6 Å². The zero-order valence-corrected chi connectivity index (χ0v) is 23.4. The molecule has 0 fully saturated rings. The number of aromatic nitrogens is 2. The minimum absolute atomic E-state index is 0.0266. The number of unbranched alkanes of at least 4 members (excludes halogenated alkanes) is 1. The van der Waals surface area contributed by atoms with Crippen LogP contribution in [0, 0.1) is 13.8 Å². The third-order valence-electron chi connectivity index (χ3n) is 7.42. The minimum atomic E-state index is 0.0266. The fraction of sp³-hybridized carbons (Fsp3) is 0.257. The first-order valence-electron chi connectivity index (χ1n) is 14.1. The highest BCUT2D eigenvalue weighted by Gasteiger charge is 2.11. The molecule has 1 amide bonds. The fourth-order valence-corrected chi connectivity index (χ4v) is 5.01. The summed E-state index contributed by atoms with van der Waals surface area (Å²) in [7, 11) is 0. The molecule has 0 spiro atoms. The quantitative estimate of drug-likeness (QED) is 0.175.